The second kappa shape index (κ2) is 9.77. The molecule has 2 saturated carbocycles. The molecule has 32 heavy (non-hydrogen) atoms. The summed E-state index contributed by atoms with van der Waals surface area (Å²) in [6.07, 6.45) is 9.03. The smallest absolute Gasteiger partial charge is 0.229 e. The number of ether oxygens (including phenoxy) is 1. The number of nitrogens with zero attached hydrogens (tertiary/aromatic N) is 4. The van der Waals surface area contributed by atoms with E-state index in [0.717, 1.165) is 90.4 Å². The summed E-state index contributed by atoms with van der Waals surface area (Å²) >= 11 is 0. The third-order valence-corrected chi connectivity index (χ3v) is 8.62. The zero-order chi connectivity index (χ0) is 22.0. The first-order chi connectivity index (χ1) is 15.7. The number of hydrogen-bond acceptors (Lipinski definition) is 7. The van der Waals surface area contributed by atoms with Crippen LogP contribution in [-0.2, 0) is 16.1 Å². The molecule has 3 atom stereocenters. The molecule has 5 rings (SSSR count). The summed E-state index contributed by atoms with van der Waals surface area (Å²) in [5.74, 6) is 2.39. The zero-order valence-electron chi connectivity index (χ0n) is 19.6. The molecule has 8 nitrogen and oxygen atoms in total. The van der Waals surface area contributed by atoms with Crippen LogP contribution < -0.4 is 5.32 Å². The lowest BCUT2D eigenvalue weighted by Crippen LogP contribution is -2.60. The number of morpholine rings is 1. The monoisotopic (exact) mass is 445 g/mol. The molecule has 1 N–H and O–H groups in total. The topological polar surface area (TPSA) is 83.7 Å². The van der Waals surface area contributed by atoms with Crippen LogP contribution in [0.15, 0.2) is 4.52 Å². The van der Waals surface area contributed by atoms with Crippen LogP contribution in [0.2, 0.25) is 0 Å². The number of aromatic nitrogens is 2. The Hall–Kier alpha value is -1.51. The van der Waals surface area contributed by atoms with Gasteiger partial charge in [0.1, 0.15) is 0 Å². The van der Waals surface area contributed by atoms with Crippen molar-refractivity contribution in [2.24, 2.45) is 11.3 Å². The Morgan fingerprint density at radius 1 is 1.16 bits per heavy atom. The van der Waals surface area contributed by atoms with Gasteiger partial charge in [0, 0.05) is 31.6 Å². The maximum absolute atomic E-state index is 13.7. The normalized spacial score (nSPS) is 32.7. The van der Waals surface area contributed by atoms with E-state index in [-0.39, 0.29) is 11.3 Å². The summed E-state index contributed by atoms with van der Waals surface area (Å²) in [5.41, 5.74) is -0.297. The number of nitrogens with one attached hydrogen (secondary N) is 1. The second-order valence-corrected chi connectivity index (χ2v) is 10.3. The van der Waals surface area contributed by atoms with E-state index in [0.29, 0.717) is 30.2 Å². The molecule has 0 radical (unpaired) electrons. The molecule has 0 aromatic carbocycles. The molecule has 3 heterocycles. The molecule has 4 fully saturated rings. The standard InChI is InChI=1S/C24H39N5O3/c1-2-28-10-8-19-15-20(29-11-13-31-14-12-29)7-9-24(19,17-28)23(30)25-16-21-26-22(32-27-21)18-5-3-4-6-18/h18-20H,2-17H2,1H3,(H,25,30)/t19-,20+,24-/m1/s1. The van der Waals surface area contributed by atoms with E-state index < -0.39 is 0 Å². The fourth-order valence-electron chi connectivity index (χ4n) is 6.65. The number of likely N-dealkylation sites (tertiary alicyclic amines) is 1. The maximum atomic E-state index is 13.7. The van der Waals surface area contributed by atoms with Crippen LogP contribution in [0.1, 0.15) is 75.9 Å². The Kier molecular flexibility index (Phi) is 6.81. The average Bonchev–Trinajstić information content (AvgIpc) is 3.54. The number of fused-ring (bicyclic) bond motifs is 1. The van der Waals surface area contributed by atoms with Gasteiger partial charge in [0.25, 0.3) is 0 Å². The lowest BCUT2D eigenvalue weighted by atomic mass is 9.61. The minimum Gasteiger partial charge on any atom is -0.379 e. The number of rotatable bonds is 6. The Morgan fingerprint density at radius 3 is 2.75 bits per heavy atom. The first-order valence-electron chi connectivity index (χ1n) is 12.8. The third kappa shape index (κ3) is 4.46. The highest BCUT2D eigenvalue weighted by Gasteiger charge is 2.52. The summed E-state index contributed by atoms with van der Waals surface area (Å²) in [5, 5.41) is 7.37. The Bertz CT molecular complexity index is 773. The molecule has 0 unspecified atom stereocenters. The lowest BCUT2D eigenvalue weighted by molar-refractivity contribution is -0.145. The molecule has 2 saturated heterocycles. The van der Waals surface area contributed by atoms with Crippen molar-refractivity contribution in [1.82, 2.24) is 25.3 Å². The van der Waals surface area contributed by atoms with Gasteiger partial charge in [-0.05, 0) is 57.5 Å². The number of carbonyl (C=O) groups excluding carboxylic acids is 1. The van der Waals surface area contributed by atoms with Crippen molar-refractivity contribution in [2.45, 2.75) is 76.8 Å². The van der Waals surface area contributed by atoms with Gasteiger partial charge >= 0.3 is 0 Å². The van der Waals surface area contributed by atoms with E-state index in [2.05, 4.69) is 32.2 Å². The van der Waals surface area contributed by atoms with Gasteiger partial charge in [-0.3, -0.25) is 9.69 Å². The van der Waals surface area contributed by atoms with Crippen molar-refractivity contribution in [3.8, 4) is 0 Å². The van der Waals surface area contributed by atoms with Crippen LogP contribution in [0.3, 0.4) is 0 Å². The molecule has 8 heteroatoms. The molecule has 2 aliphatic heterocycles. The van der Waals surface area contributed by atoms with Crippen LogP contribution in [0.4, 0.5) is 0 Å². The van der Waals surface area contributed by atoms with Crippen LogP contribution in [0.25, 0.3) is 0 Å². The van der Waals surface area contributed by atoms with E-state index in [1.54, 1.807) is 0 Å². The van der Waals surface area contributed by atoms with Gasteiger partial charge in [-0.1, -0.05) is 24.9 Å². The third-order valence-electron chi connectivity index (χ3n) is 8.62. The first-order valence-corrected chi connectivity index (χ1v) is 12.8. The second-order valence-electron chi connectivity index (χ2n) is 10.3. The van der Waals surface area contributed by atoms with Crippen molar-refractivity contribution >= 4 is 5.91 Å². The molecule has 1 amide bonds. The van der Waals surface area contributed by atoms with E-state index in [1.165, 1.54) is 12.8 Å². The quantitative estimate of drug-likeness (QED) is 0.720. The molecule has 178 valence electrons. The van der Waals surface area contributed by atoms with Crippen molar-refractivity contribution in [3.63, 3.8) is 0 Å². The van der Waals surface area contributed by atoms with Crippen LogP contribution in [-0.4, -0.2) is 77.8 Å². The summed E-state index contributed by atoms with van der Waals surface area (Å²) in [6, 6.07) is 0.587. The average molecular weight is 446 g/mol. The van der Waals surface area contributed by atoms with E-state index >= 15 is 0 Å². The summed E-state index contributed by atoms with van der Waals surface area (Å²) in [7, 11) is 0. The zero-order valence-corrected chi connectivity index (χ0v) is 19.6. The van der Waals surface area contributed by atoms with Crippen LogP contribution in [0, 0.1) is 11.3 Å². The highest BCUT2D eigenvalue weighted by Crippen LogP contribution is 2.48. The number of carbonyl (C=O) groups is 1. The van der Waals surface area contributed by atoms with Crippen molar-refractivity contribution < 1.29 is 14.1 Å². The maximum Gasteiger partial charge on any atom is 0.229 e. The summed E-state index contributed by atoms with van der Waals surface area (Å²) < 4.78 is 11.1. The van der Waals surface area contributed by atoms with Gasteiger partial charge in [-0.25, -0.2) is 0 Å². The van der Waals surface area contributed by atoms with E-state index in [4.69, 9.17) is 9.26 Å². The van der Waals surface area contributed by atoms with Gasteiger partial charge in [0.2, 0.25) is 11.8 Å². The van der Waals surface area contributed by atoms with Gasteiger partial charge in [0.15, 0.2) is 5.82 Å². The van der Waals surface area contributed by atoms with Crippen LogP contribution in [0.5, 0.6) is 0 Å². The Balaban J connectivity index is 1.25. The molecule has 4 aliphatic rings. The van der Waals surface area contributed by atoms with E-state index in [9.17, 15) is 4.79 Å². The Morgan fingerprint density at radius 2 is 1.97 bits per heavy atom. The van der Waals surface area contributed by atoms with Crippen molar-refractivity contribution in [2.75, 3.05) is 45.9 Å². The molecule has 1 aromatic rings. The fourth-order valence-corrected chi connectivity index (χ4v) is 6.65. The largest absolute Gasteiger partial charge is 0.379 e. The van der Waals surface area contributed by atoms with Gasteiger partial charge in [-0.2, -0.15) is 4.98 Å². The molecular weight excluding hydrogens is 406 g/mol. The molecule has 2 aliphatic carbocycles. The SMILES string of the molecule is CCN1CC[C@@H]2C[C@@H](N3CCOCC3)CC[C@@]2(C(=O)NCc2noc(C3CCCC3)n2)C1. The minimum atomic E-state index is -0.297. The summed E-state index contributed by atoms with van der Waals surface area (Å²) in [4.78, 5) is 23.3. The first kappa shape index (κ1) is 22.3. The number of hydrogen-bond donors (Lipinski definition) is 1. The van der Waals surface area contributed by atoms with Gasteiger partial charge in [0.05, 0.1) is 25.2 Å². The Labute approximate surface area is 191 Å². The predicted octanol–water partition coefficient (Wildman–Crippen LogP) is 2.56. The number of piperidine rings is 1. The molecule has 0 bridgehead atoms. The molecular formula is C24H39N5O3. The number of amides is 1. The summed E-state index contributed by atoms with van der Waals surface area (Å²) in [6.45, 7) is 9.27. The predicted molar refractivity (Wildman–Crippen MR) is 120 cm³/mol. The highest BCUT2D eigenvalue weighted by atomic mass is 16.5. The lowest BCUT2D eigenvalue weighted by Gasteiger charge is -2.53. The van der Waals surface area contributed by atoms with Crippen molar-refractivity contribution in [1.29, 1.82) is 0 Å². The van der Waals surface area contributed by atoms with Gasteiger partial charge < -0.3 is 19.5 Å². The molecule has 1 aromatic heterocycles. The minimum absolute atomic E-state index is 0.188. The highest BCUT2D eigenvalue weighted by molar-refractivity contribution is 5.83. The van der Waals surface area contributed by atoms with Gasteiger partial charge in [-0.15, -0.1) is 0 Å². The molecule has 0 spiro atoms. The van der Waals surface area contributed by atoms with Crippen LogP contribution >= 0.6 is 0 Å². The fraction of sp³-hybridized carbons (Fsp3) is 0.875. The van der Waals surface area contributed by atoms with E-state index in [1.807, 2.05) is 0 Å². The van der Waals surface area contributed by atoms with Crippen molar-refractivity contribution in [3.05, 3.63) is 11.7 Å².